The number of esters is 1. The zero-order chi connectivity index (χ0) is 17.8. The molecule has 0 unspecified atom stereocenters. The molecule has 1 saturated carbocycles. The van der Waals surface area contributed by atoms with Gasteiger partial charge < -0.3 is 4.74 Å². The molecule has 0 radical (unpaired) electrons. The first-order valence-corrected chi connectivity index (χ1v) is 9.68. The molecule has 3 rings (SSSR count). The summed E-state index contributed by atoms with van der Waals surface area (Å²) in [5.74, 6) is 0.907. The van der Waals surface area contributed by atoms with Crippen molar-refractivity contribution in [1.82, 2.24) is 14.6 Å². The van der Waals surface area contributed by atoms with Gasteiger partial charge in [0, 0.05) is 29.3 Å². The zero-order valence-corrected chi connectivity index (χ0v) is 15.6. The van der Waals surface area contributed by atoms with Crippen LogP contribution >= 0.6 is 0 Å². The van der Waals surface area contributed by atoms with Crippen LogP contribution in [-0.2, 0) is 22.4 Å². The Morgan fingerprint density at radius 1 is 1.20 bits per heavy atom. The van der Waals surface area contributed by atoms with Crippen molar-refractivity contribution in [3.8, 4) is 0 Å². The predicted molar refractivity (Wildman–Crippen MR) is 97.7 cm³/mol. The zero-order valence-electron chi connectivity index (χ0n) is 15.6. The Hall–Kier alpha value is -1.91. The molecular weight excluding hydrogens is 314 g/mol. The summed E-state index contributed by atoms with van der Waals surface area (Å²) in [4.78, 5) is 16.7. The number of carbonyl (C=O) groups is 1. The molecule has 0 N–H and O–H groups in total. The minimum atomic E-state index is -0.0504. The van der Waals surface area contributed by atoms with E-state index in [0.717, 1.165) is 44.2 Å². The average molecular weight is 343 g/mol. The van der Waals surface area contributed by atoms with Crippen LogP contribution in [0.2, 0.25) is 0 Å². The third-order valence-corrected chi connectivity index (χ3v) is 5.41. The fraction of sp³-hybridized carbons (Fsp3) is 0.650. The first-order chi connectivity index (χ1) is 12.2. The van der Waals surface area contributed by atoms with Gasteiger partial charge in [-0.1, -0.05) is 13.8 Å². The van der Waals surface area contributed by atoms with E-state index < -0.39 is 0 Å². The SMILES string of the molecule is CCOC(=O)CC1CCC(c2cc(CC)n3ncc(CC)c3n2)CC1. The molecule has 1 fully saturated rings. The number of carbonyl (C=O) groups excluding carboxylic acids is 1. The maximum atomic E-state index is 11.7. The van der Waals surface area contributed by atoms with Gasteiger partial charge in [0.25, 0.3) is 0 Å². The summed E-state index contributed by atoms with van der Waals surface area (Å²) in [7, 11) is 0. The van der Waals surface area contributed by atoms with Crippen LogP contribution in [0.25, 0.3) is 5.65 Å². The van der Waals surface area contributed by atoms with Gasteiger partial charge in [-0.15, -0.1) is 0 Å². The Kier molecular flexibility index (Phi) is 5.71. The molecule has 2 aromatic rings. The van der Waals surface area contributed by atoms with Crippen LogP contribution < -0.4 is 0 Å². The van der Waals surface area contributed by atoms with E-state index in [1.807, 2.05) is 17.6 Å². The van der Waals surface area contributed by atoms with E-state index in [1.165, 1.54) is 17.0 Å². The molecule has 0 aliphatic heterocycles. The molecule has 136 valence electrons. The van der Waals surface area contributed by atoms with Crippen LogP contribution in [-0.4, -0.2) is 27.2 Å². The average Bonchev–Trinajstić information content (AvgIpc) is 3.04. The van der Waals surface area contributed by atoms with E-state index in [9.17, 15) is 4.79 Å². The van der Waals surface area contributed by atoms with Crippen LogP contribution in [0.4, 0.5) is 0 Å². The predicted octanol–water partition coefficient (Wildman–Crippen LogP) is 4.08. The highest BCUT2D eigenvalue weighted by Crippen LogP contribution is 2.37. The first kappa shape index (κ1) is 17.9. The molecule has 0 saturated heterocycles. The van der Waals surface area contributed by atoms with Gasteiger partial charge in [-0.05, 0) is 57.4 Å². The summed E-state index contributed by atoms with van der Waals surface area (Å²) in [6.07, 6.45) is 8.79. The second kappa shape index (κ2) is 7.98. The second-order valence-corrected chi connectivity index (χ2v) is 7.01. The highest BCUT2D eigenvalue weighted by atomic mass is 16.5. The van der Waals surface area contributed by atoms with E-state index in [2.05, 4.69) is 25.0 Å². The molecule has 0 aromatic carbocycles. The second-order valence-electron chi connectivity index (χ2n) is 7.01. The number of aryl methyl sites for hydroxylation is 2. The van der Waals surface area contributed by atoms with Crippen molar-refractivity contribution < 1.29 is 9.53 Å². The number of hydrogen-bond acceptors (Lipinski definition) is 4. The van der Waals surface area contributed by atoms with E-state index in [1.54, 1.807) is 0 Å². The normalized spacial score (nSPS) is 20.8. The Morgan fingerprint density at radius 2 is 1.96 bits per heavy atom. The number of fused-ring (bicyclic) bond motifs is 1. The summed E-state index contributed by atoms with van der Waals surface area (Å²) >= 11 is 0. The monoisotopic (exact) mass is 343 g/mol. The Morgan fingerprint density at radius 3 is 2.60 bits per heavy atom. The summed E-state index contributed by atoms with van der Waals surface area (Å²) in [5.41, 5.74) is 4.67. The van der Waals surface area contributed by atoms with Crippen molar-refractivity contribution in [3.05, 3.63) is 29.2 Å². The van der Waals surface area contributed by atoms with Gasteiger partial charge in [0.2, 0.25) is 0 Å². The smallest absolute Gasteiger partial charge is 0.306 e. The van der Waals surface area contributed by atoms with Crippen LogP contribution in [0.15, 0.2) is 12.3 Å². The van der Waals surface area contributed by atoms with Crippen molar-refractivity contribution >= 4 is 11.6 Å². The minimum absolute atomic E-state index is 0.0504. The van der Waals surface area contributed by atoms with Gasteiger partial charge in [-0.25, -0.2) is 9.50 Å². The van der Waals surface area contributed by atoms with Crippen molar-refractivity contribution in [2.24, 2.45) is 5.92 Å². The molecule has 25 heavy (non-hydrogen) atoms. The molecule has 0 atom stereocenters. The van der Waals surface area contributed by atoms with Crippen LogP contribution in [0, 0.1) is 5.92 Å². The van der Waals surface area contributed by atoms with Gasteiger partial charge in [0.1, 0.15) is 0 Å². The molecule has 2 heterocycles. The number of aromatic nitrogens is 3. The van der Waals surface area contributed by atoms with Gasteiger partial charge >= 0.3 is 5.97 Å². The Bertz CT molecular complexity index is 730. The maximum absolute atomic E-state index is 11.7. The summed E-state index contributed by atoms with van der Waals surface area (Å²) in [6, 6.07) is 2.23. The van der Waals surface area contributed by atoms with Crippen LogP contribution in [0.3, 0.4) is 0 Å². The van der Waals surface area contributed by atoms with Crippen LogP contribution in [0.5, 0.6) is 0 Å². The van der Waals surface area contributed by atoms with E-state index >= 15 is 0 Å². The van der Waals surface area contributed by atoms with Gasteiger partial charge in [0.15, 0.2) is 5.65 Å². The summed E-state index contributed by atoms with van der Waals surface area (Å²) in [6.45, 7) is 6.66. The van der Waals surface area contributed by atoms with Gasteiger partial charge in [-0.2, -0.15) is 5.10 Å². The minimum Gasteiger partial charge on any atom is -0.466 e. The van der Waals surface area contributed by atoms with E-state index in [0.29, 0.717) is 24.9 Å². The molecule has 5 heteroatoms. The topological polar surface area (TPSA) is 56.5 Å². The number of rotatable bonds is 6. The number of nitrogens with zero attached hydrogens (tertiary/aromatic N) is 3. The highest BCUT2D eigenvalue weighted by molar-refractivity contribution is 5.69. The number of hydrogen-bond donors (Lipinski definition) is 0. The molecule has 2 aromatic heterocycles. The third-order valence-electron chi connectivity index (χ3n) is 5.41. The fourth-order valence-corrected chi connectivity index (χ4v) is 3.92. The third kappa shape index (κ3) is 3.86. The molecule has 0 amide bonds. The molecule has 1 aliphatic rings. The lowest BCUT2D eigenvalue weighted by atomic mass is 9.79. The first-order valence-electron chi connectivity index (χ1n) is 9.68. The van der Waals surface area contributed by atoms with Gasteiger partial charge in [-0.3, -0.25) is 4.79 Å². The largest absolute Gasteiger partial charge is 0.466 e. The lowest BCUT2D eigenvalue weighted by Gasteiger charge is -2.28. The molecule has 5 nitrogen and oxygen atoms in total. The standard InChI is InChI=1S/C20H29N3O2/c1-4-15-13-21-23-17(5-2)12-18(22-20(15)23)16-9-7-14(8-10-16)11-19(24)25-6-3/h12-14,16H,4-11H2,1-3H3. The maximum Gasteiger partial charge on any atom is 0.306 e. The van der Waals surface area contributed by atoms with Crippen molar-refractivity contribution in [1.29, 1.82) is 0 Å². The number of ether oxygens (including phenoxy) is 1. The molecule has 0 spiro atoms. The molecular formula is C20H29N3O2. The van der Waals surface area contributed by atoms with Crippen LogP contribution in [0.1, 0.15) is 75.7 Å². The Labute approximate surface area is 149 Å². The van der Waals surface area contributed by atoms with Crippen molar-refractivity contribution in [2.75, 3.05) is 6.61 Å². The molecule has 0 bridgehead atoms. The summed E-state index contributed by atoms with van der Waals surface area (Å²) in [5, 5.41) is 4.51. The van der Waals surface area contributed by atoms with Crippen molar-refractivity contribution in [3.63, 3.8) is 0 Å². The van der Waals surface area contributed by atoms with Crippen molar-refractivity contribution in [2.45, 2.75) is 71.6 Å². The quantitative estimate of drug-likeness (QED) is 0.742. The lowest BCUT2D eigenvalue weighted by molar-refractivity contribution is -0.144. The molecule has 1 aliphatic carbocycles. The lowest BCUT2D eigenvalue weighted by Crippen LogP contribution is -2.19. The van der Waals surface area contributed by atoms with Gasteiger partial charge in [0.05, 0.1) is 12.8 Å². The highest BCUT2D eigenvalue weighted by Gasteiger charge is 2.26. The fourth-order valence-electron chi connectivity index (χ4n) is 3.92. The van der Waals surface area contributed by atoms with E-state index in [-0.39, 0.29) is 5.97 Å². The van der Waals surface area contributed by atoms with E-state index in [4.69, 9.17) is 9.72 Å². The Balaban J connectivity index is 1.73. The summed E-state index contributed by atoms with van der Waals surface area (Å²) < 4.78 is 7.08.